The fraction of sp³-hybridized carbons (Fsp3) is 0.538. The van der Waals surface area contributed by atoms with E-state index in [1.807, 2.05) is 32.0 Å². The van der Waals surface area contributed by atoms with Crippen LogP contribution in [0.3, 0.4) is 0 Å². The van der Waals surface area contributed by atoms with Gasteiger partial charge in [0.1, 0.15) is 31.1 Å². The molecular weight excluding hydrogens is 544 g/mol. The fourth-order valence-electron chi connectivity index (χ4n) is 4.40. The number of amides is 1. The van der Waals surface area contributed by atoms with Crippen LogP contribution in [0.15, 0.2) is 30.3 Å². The summed E-state index contributed by atoms with van der Waals surface area (Å²) in [5.74, 6) is -1.37. The lowest BCUT2D eigenvalue weighted by molar-refractivity contribution is -0.239. The van der Waals surface area contributed by atoms with Crippen molar-refractivity contribution in [1.29, 1.82) is 0 Å². The van der Waals surface area contributed by atoms with E-state index in [4.69, 9.17) is 35.9 Å². The van der Waals surface area contributed by atoms with Gasteiger partial charge < -0.3 is 29.0 Å². The third-order valence-electron chi connectivity index (χ3n) is 5.86. The van der Waals surface area contributed by atoms with Crippen LogP contribution in [0.25, 0.3) is 0 Å². The first-order valence-electron chi connectivity index (χ1n) is 12.7. The van der Waals surface area contributed by atoms with Crippen LogP contribution in [0.2, 0.25) is 0 Å². The van der Waals surface area contributed by atoms with Crippen molar-refractivity contribution in [2.24, 2.45) is 0 Å². The van der Waals surface area contributed by atoms with Crippen LogP contribution in [0.4, 0.5) is 0 Å². The molecule has 1 amide bonds. The molecule has 2 aromatic rings. The predicted molar refractivity (Wildman–Crippen MR) is 141 cm³/mol. The highest BCUT2D eigenvalue weighted by atomic mass is 32.1. The second kappa shape index (κ2) is 13.5. The summed E-state index contributed by atoms with van der Waals surface area (Å²) in [6.07, 6.45) is -4.71. The summed E-state index contributed by atoms with van der Waals surface area (Å²) in [6.45, 7) is 8.41. The van der Waals surface area contributed by atoms with E-state index in [2.05, 4.69) is 10.4 Å². The average Bonchev–Trinajstić information content (AvgIpc) is 3.19. The van der Waals surface area contributed by atoms with Gasteiger partial charge in [0.2, 0.25) is 10.7 Å². The minimum absolute atomic E-state index is 0.0662. The lowest BCUT2D eigenvalue weighted by atomic mass is 9.95. The van der Waals surface area contributed by atoms with E-state index in [-0.39, 0.29) is 24.0 Å². The number of benzene rings is 1. The number of carbonyl (C=O) groups is 4. The Morgan fingerprint density at radius 3 is 2.17 bits per heavy atom. The number of carbonyl (C=O) groups excluding carboxylic acids is 4. The third kappa shape index (κ3) is 7.66. The van der Waals surface area contributed by atoms with Gasteiger partial charge in [0, 0.05) is 33.7 Å². The summed E-state index contributed by atoms with van der Waals surface area (Å²) in [5, 5.41) is 7.40. The number of nitrogens with zero attached hydrogens (tertiary/aromatic N) is 3. The van der Waals surface area contributed by atoms with Gasteiger partial charge in [-0.3, -0.25) is 23.7 Å². The number of ether oxygens (including phenoxy) is 5. The number of esters is 3. The molecule has 1 N–H and O–H groups in total. The molecule has 1 aliphatic heterocycles. The molecule has 1 saturated heterocycles. The van der Waals surface area contributed by atoms with E-state index in [0.29, 0.717) is 11.6 Å². The van der Waals surface area contributed by atoms with E-state index < -0.39 is 54.4 Å². The first-order chi connectivity index (χ1) is 18.9. The zero-order valence-electron chi connectivity index (χ0n) is 23.2. The fourth-order valence-corrected chi connectivity index (χ4v) is 4.86. The Kier molecular flexibility index (Phi) is 10.4. The molecule has 1 aliphatic rings. The van der Waals surface area contributed by atoms with Crippen LogP contribution in [-0.4, -0.2) is 69.1 Å². The van der Waals surface area contributed by atoms with Crippen LogP contribution in [0, 0.1) is 4.77 Å². The molecule has 14 heteroatoms. The van der Waals surface area contributed by atoms with Gasteiger partial charge in [0.05, 0.1) is 0 Å². The normalized spacial score (nSPS) is 22.3. The standard InChI is InChI=1S/C26H34N4O9S/c1-14(2)29-21(13-36-19-10-8-7-9-11-19)28-30(26(29)40)25-22(27-15(3)31)24(38-18(6)34)23(37-17(5)33)20(39-25)12-35-16(4)32/h7-11,14,20,22-25H,12-13H2,1-6H3,(H,27,31)/t20-,22-,23-,24-,25-/m1/s1. The van der Waals surface area contributed by atoms with Gasteiger partial charge in [0.25, 0.3) is 0 Å². The number of para-hydroxylation sites is 1. The Morgan fingerprint density at radius 1 is 1.00 bits per heavy atom. The van der Waals surface area contributed by atoms with Crippen LogP contribution in [0.5, 0.6) is 5.75 Å². The number of hydrogen-bond acceptors (Lipinski definition) is 11. The summed E-state index contributed by atoms with van der Waals surface area (Å²) in [4.78, 5) is 48.1. The molecule has 40 heavy (non-hydrogen) atoms. The smallest absolute Gasteiger partial charge is 0.303 e. The van der Waals surface area contributed by atoms with E-state index in [1.54, 1.807) is 16.7 Å². The van der Waals surface area contributed by atoms with E-state index >= 15 is 0 Å². The van der Waals surface area contributed by atoms with Crippen LogP contribution >= 0.6 is 12.2 Å². The van der Waals surface area contributed by atoms with Crippen molar-refractivity contribution in [1.82, 2.24) is 19.7 Å². The zero-order valence-corrected chi connectivity index (χ0v) is 24.0. The molecule has 0 saturated carbocycles. The zero-order chi connectivity index (χ0) is 29.6. The van der Waals surface area contributed by atoms with Crippen molar-refractivity contribution in [2.75, 3.05) is 6.61 Å². The second-order valence-electron chi connectivity index (χ2n) is 9.45. The Bertz CT molecular complexity index is 1280. The highest BCUT2D eigenvalue weighted by Gasteiger charge is 2.52. The first-order valence-corrected chi connectivity index (χ1v) is 13.1. The molecule has 0 radical (unpaired) electrons. The number of nitrogens with one attached hydrogen (secondary N) is 1. The van der Waals surface area contributed by atoms with Crippen molar-refractivity contribution in [3.63, 3.8) is 0 Å². The second-order valence-corrected chi connectivity index (χ2v) is 9.82. The molecule has 0 bridgehead atoms. The van der Waals surface area contributed by atoms with Crippen LogP contribution < -0.4 is 10.1 Å². The highest BCUT2D eigenvalue weighted by molar-refractivity contribution is 7.71. The van der Waals surface area contributed by atoms with Crippen molar-refractivity contribution in [3.8, 4) is 5.75 Å². The Labute approximate surface area is 236 Å². The van der Waals surface area contributed by atoms with Crippen LogP contribution in [-0.2, 0) is 44.7 Å². The van der Waals surface area contributed by atoms with Gasteiger partial charge in [-0.25, -0.2) is 4.68 Å². The summed E-state index contributed by atoms with van der Waals surface area (Å²) in [5.41, 5.74) is 0. The maximum Gasteiger partial charge on any atom is 0.303 e. The van der Waals surface area contributed by atoms with Crippen molar-refractivity contribution < 1.29 is 42.9 Å². The minimum Gasteiger partial charge on any atom is -0.486 e. The molecule has 1 aromatic carbocycles. The molecule has 218 valence electrons. The molecule has 1 aromatic heterocycles. The molecule has 1 fully saturated rings. The Balaban J connectivity index is 2.11. The minimum atomic E-state index is -1.24. The van der Waals surface area contributed by atoms with Gasteiger partial charge in [-0.15, -0.1) is 0 Å². The molecule has 0 aliphatic carbocycles. The van der Waals surface area contributed by atoms with Gasteiger partial charge >= 0.3 is 17.9 Å². The summed E-state index contributed by atoms with van der Waals surface area (Å²) < 4.78 is 31.8. The average molecular weight is 579 g/mol. The largest absolute Gasteiger partial charge is 0.486 e. The monoisotopic (exact) mass is 578 g/mol. The quantitative estimate of drug-likeness (QED) is 0.252. The van der Waals surface area contributed by atoms with E-state index in [9.17, 15) is 19.2 Å². The topological polar surface area (TPSA) is 149 Å². The Morgan fingerprint density at radius 2 is 1.62 bits per heavy atom. The van der Waals surface area contributed by atoms with Gasteiger partial charge in [-0.1, -0.05) is 18.2 Å². The molecule has 3 rings (SSSR count). The first kappa shape index (κ1) is 30.8. The lowest BCUT2D eigenvalue weighted by Crippen LogP contribution is -2.64. The maximum atomic E-state index is 12.3. The van der Waals surface area contributed by atoms with E-state index in [1.165, 1.54) is 32.4 Å². The van der Waals surface area contributed by atoms with Crippen molar-refractivity contribution in [2.45, 2.75) is 84.8 Å². The summed E-state index contributed by atoms with van der Waals surface area (Å²) in [7, 11) is 0. The maximum absolute atomic E-state index is 12.3. The van der Waals surface area contributed by atoms with Crippen molar-refractivity contribution >= 4 is 36.0 Å². The van der Waals surface area contributed by atoms with Gasteiger partial charge in [-0.2, -0.15) is 5.10 Å². The molecule has 0 unspecified atom stereocenters. The third-order valence-corrected chi connectivity index (χ3v) is 6.25. The molecule has 0 spiro atoms. The van der Waals surface area contributed by atoms with Gasteiger partial charge in [0.15, 0.2) is 24.3 Å². The van der Waals surface area contributed by atoms with Gasteiger partial charge in [-0.05, 0) is 38.2 Å². The highest BCUT2D eigenvalue weighted by Crippen LogP contribution is 2.33. The van der Waals surface area contributed by atoms with E-state index in [0.717, 1.165) is 0 Å². The molecule has 5 atom stereocenters. The predicted octanol–water partition coefficient (Wildman–Crippen LogP) is 2.40. The number of rotatable bonds is 10. The molecule has 13 nitrogen and oxygen atoms in total. The number of hydrogen-bond donors (Lipinski definition) is 1. The van der Waals surface area contributed by atoms with Crippen molar-refractivity contribution in [3.05, 3.63) is 40.9 Å². The summed E-state index contributed by atoms with van der Waals surface area (Å²) in [6, 6.07) is 7.94. The molecule has 2 heterocycles. The summed E-state index contributed by atoms with van der Waals surface area (Å²) >= 11 is 5.77. The Hall–Kier alpha value is -3.78. The lowest BCUT2D eigenvalue weighted by Gasteiger charge is -2.45. The van der Waals surface area contributed by atoms with Crippen LogP contribution in [0.1, 0.15) is 59.6 Å². The SMILES string of the molecule is CC(=O)N[C@@H]1[C@@H](OC(C)=O)[C@H](OC(C)=O)[C@@H](COC(C)=O)O[C@H]1n1nc(COc2ccccc2)n(C(C)C)c1=S. The molecular formula is C26H34N4O9S. The number of aromatic nitrogens is 3.